The Hall–Kier alpha value is -2.50. The lowest BCUT2D eigenvalue weighted by molar-refractivity contribution is -0.915. The minimum Gasteiger partial charge on any atom is -0.322 e. The van der Waals surface area contributed by atoms with E-state index in [1.54, 1.807) is 24.3 Å². The molecule has 0 saturated carbocycles. The third kappa shape index (κ3) is 2.75. The number of hydrogen-bond acceptors (Lipinski definition) is 3. The molecule has 3 aliphatic rings. The summed E-state index contributed by atoms with van der Waals surface area (Å²) in [5.41, 5.74) is 2.18. The number of hydrogen-bond donors (Lipinski definition) is 1. The van der Waals surface area contributed by atoms with E-state index in [0.29, 0.717) is 16.3 Å². The molecule has 1 N–H and O–H groups in total. The van der Waals surface area contributed by atoms with E-state index in [9.17, 15) is 14.4 Å². The van der Waals surface area contributed by atoms with Gasteiger partial charge in [0.25, 0.3) is 0 Å². The van der Waals surface area contributed by atoms with E-state index in [4.69, 9.17) is 11.6 Å². The number of halogens is 1. The number of quaternary nitrogens is 1. The molecule has 148 valence electrons. The Kier molecular flexibility index (Phi) is 4.33. The first-order chi connectivity index (χ1) is 14.0. The van der Waals surface area contributed by atoms with Crippen molar-refractivity contribution in [2.45, 2.75) is 31.8 Å². The number of carbonyl (C=O) groups excluding carboxylic acids is 3. The van der Waals surface area contributed by atoms with Gasteiger partial charge in [-0.25, -0.2) is 4.90 Å². The Morgan fingerprint density at radius 1 is 1.07 bits per heavy atom. The summed E-state index contributed by atoms with van der Waals surface area (Å²) in [4.78, 5) is 42.6. The first kappa shape index (κ1) is 18.5. The van der Waals surface area contributed by atoms with Crippen molar-refractivity contribution in [1.82, 2.24) is 0 Å². The maximum atomic E-state index is 13.5. The Bertz CT molecular complexity index is 1020. The van der Waals surface area contributed by atoms with Crippen LogP contribution in [0.15, 0.2) is 48.5 Å². The topological polar surface area (TPSA) is 58.9 Å². The lowest BCUT2D eigenvalue weighted by atomic mass is 9.85. The molecule has 0 aliphatic carbocycles. The van der Waals surface area contributed by atoms with Gasteiger partial charge in [-0.2, -0.15) is 0 Å². The molecule has 0 radical (unpaired) electrons. The zero-order chi connectivity index (χ0) is 20.3. The number of nitrogens with one attached hydrogen (secondary N) is 1. The highest BCUT2D eigenvalue weighted by molar-refractivity contribution is 6.31. The summed E-state index contributed by atoms with van der Waals surface area (Å²) >= 11 is 6.09. The quantitative estimate of drug-likeness (QED) is 0.623. The molecule has 0 bridgehead atoms. The predicted octanol–water partition coefficient (Wildman–Crippen LogP) is 2.07. The van der Waals surface area contributed by atoms with Gasteiger partial charge in [-0.3, -0.25) is 14.4 Å². The summed E-state index contributed by atoms with van der Waals surface area (Å²) in [6.07, 6.45) is 1.84. The molecule has 2 aromatic rings. The molecule has 1 unspecified atom stereocenters. The second kappa shape index (κ2) is 6.78. The molecular weight excluding hydrogens is 388 g/mol. The molecule has 5 nitrogen and oxygen atoms in total. The van der Waals surface area contributed by atoms with Crippen LogP contribution in [0.4, 0.5) is 5.69 Å². The zero-order valence-corrected chi connectivity index (χ0v) is 16.9. The van der Waals surface area contributed by atoms with Crippen molar-refractivity contribution < 1.29 is 19.3 Å². The van der Waals surface area contributed by atoms with Gasteiger partial charge in [0, 0.05) is 23.4 Å². The van der Waals surface area contributed by atoms with Gasteiger partial charge in [-0.15, -0.1) is 0 Å². The third-order valence-electron chi connectivity index (χ3n) is 6.73. The highest BCUT2D eigenvalue weighted by Gasteiger charge is 2.68. The molecule has 29 heavy (non-hydrogen) atoms. The molecular formula is C23H22ClN2O3+. The lowest BCUT2D eigenvalue weighted by Gasteiger charge is -2.25. The number of ketones is 1. The molecule has 2 amide bonds. The van der Waals surface area contributed by atoms with E-state index < -0.39 is 17.9 Å². The molecule has 3 saturated heterocycles. The van der Waals surface area contributed by atoms with Crippen LogP contribution < -0.4 is 9.80 Å². The molecule has 2 aromatic carbocycles. The van der Waals surface area contributed by atoms with Crippen LogP contribution in [0, 0.1) is 18.8 Å². The minimum atomic E-state index is -0.601. The average Bonchev–Trinajstić information content (AvgIpc) is 3.34. The second-order valence-corrected chi connectivity index (χ2v) is 8.76. The summed E-state index contributed by atoms with van der Waals surface area (Å²) in [5.74, 6) is -1.53. The molecule has 0 spiro atoms. The minimum absolute atomic E-state index is 0.0278. The standard InChI is InChI=1S/C23H21ClN2O3/c1-13-7-9-14(10-8-13)21(27)20-19-18(17-6-3-11-25(17)20)22(28)26(23(19)29)16-5-2-4-15(24)12-16/h2,4-5,7-10,12,17-20H,3,6,11H2,1H3/p+1/t17-,18-,19-,20-/m1/s1. The van der Waals surface area contributed by atoms with Crippen molar-refractivity contribution in [1.29, 1.82) is 0 Å². The molecule has 6 heteroatoms. The summed E-state index contributed by atoms with van der Waals surface area (Å²) in [5, 5.41) is 0.473. The van der Waals surface area contributed by atoms with Gasteiger partial charge < -0.3 is 4.90 Å². The lowest BCUT2D eigenvalue weighted by Crippen LogP contribution is -3.16. The smallest absolute Gasteiger partial charge is 0.244 e. The number of amides is 2. The third-order valence-corrected chi connectivity index (χ3v) is 6.97. The fourth-order valence-electron chi connectivity index (χ4n) is 5.51. The van der Waals surface area contributed by atoms with Crippen molar-refractivity contribution in [3.63, 3.8) is 0 Å². The van der Waals surface area contributed by atoms with Crippen LogP contribution in [-0.2, 0) is 9.59 Å². The predicted molar refractivity (Wildman–Crippen MR) is 109 cm³/mol. The monoisotopic (exact) mass is 409 g/mol. The maximum Gasteiger partial charge on any atom is 0.244 e. The van der Waals surface area contributed by atoms with Crippen LogP contribution in [-0.4, -0.2) is 36.2 Å². The highest BCUT2D eigenvalue weighted by atomic mass is 35.5. The van der Waals surface area contributed by atoms with E-state index in [-0.39, 0.29) is 23.6 Å². The van der Waals surface area contributed by atoms with Crippen LogP contribution in [0.1, 0.15) is 28.8 Å². The van der Waals surface area contributed by atoms with Gasteiger partial charge in [-0.05, 0) is 25.1 Å². The van der Waals surface area contributed by atoms with Crippen molar-refractivity contribution in [2.75, 3.05) is 11.4 Å². The van der Waals surface area contributed by atoms with Gasteiger partial charge >= 0.3 is 0 Å². The molecule has 3 aliphatic heterocycles. The van der Waals surface area contributed by atoms with Crippen LogP contribution in [0.2, 0.25) is 5.02 Å². The number of carbonyl (C=O) groups is 3. The second-order valence-electron chi connectivity index (χ2n) is 8.32. The summed E-state index contributed by atoms with van der Waals surface area (Å²) in [7, 11) is 0. The fourth-order valence-corrected chi connectivity index (χ4v) is 5.69. The number of Topliss-reactive ketones (excluding diaryl/α,β-unsaturated/α-hetero) is 1. The van der Waals surface area contributed by atoms with Gasteiger partial charge in [-0.1, -0.05) is 47.5 Å². The normalized spacial score (nSPS) is 30.6. The largest absolute Gasteiger partial charge is 0.322 e. The van der Waals surface area contributed by atoms with Crippen LogP contribution in [0.5, 0.6) is 0 Å². The maximum absolute atomic E-state index is 13.5. The Balaban J connectivity index is 1.55. The van der Waals surface area contributed by atoms with E-state index in [0.717, 1.165) is 29.8 Å². The van der Waals surface area contributed by atoms with Crippen LogP contribution >= 0.6 is 11.6 Å². The number of rotatable bonds is 3. The Morgan fingerprint density at radius 3 is 2.52 bits per heavy atom. The Morgan fingerprint density at radius 2 is 1.79 bits per heavy atom. The zero-order valence-electron chi connectivity index (χ0n) is 16.1. The SMILES string of the molecule is Cc1ccc(C(=O)[C@H]2[C@@H]3C(=O)N(c4cccc(Cl)c4)C(=O)[C@@H]3[C@H]3CCC[NH+]32)cc1. The fraction of sp³-hybridized carbons (Fsp3) is 0.348. The van der Waals surface area contributed by atoms with E-state index in [1.165, 1.54) is 4.90 Å². The first-order valence-electron chi connectivity index (χ1n) is 10.1. The van der Waals surface area contributed by atoms with Crippen molar-refractivity contribution in [2.24, 2.45) is 11.8 Å². The number of imide groups is 1. The molecule has 0 aromatic heterocycles. The van der Waals surface area contributed by atoms with Gasteiger partial charge in [0.05, 0.1) is 12.2 Å². The number of anilines is 1. The van der Waals surface area contributed by atoms with Gasteiger partial charge in [0.1, 0.15) is 17.9 Å². The highest BCUT2D eigenvalue weighted by Crippen LogP contribution is 2.40. The van der Waals surface area contributed by atoms with Crippen molar-refractivity contribution in [3.05, 3.63) is 64.7 Å². The van der Waals surface area contributed by atoms with Gasteiger partial charge in [0.2, 0.25) is 17.6 Å². The first-order valence-corrected chi connectivity index (χ1v) is 10.4. The van der Waals surface area contributed by atoms with Crippen molar-refractivity contribution in [3.8, 4) is 0 Å². The molecule has 5 rings (SSSR count). The van der Waals surface area contributed by atoms with E-state index in [1.807, 2.05) is 31.2 Å². The summed E-state index contributed by atoms with van der Waals surface area (Å²) < 4.78 is 0. The molecule has 3 fully saturated rings. The number of aryl methyl sites for hydroxylation is 1. The van der Waals surface area contributed by atoms with Crippen LogP contribution in [0.25, 0.3) is 0 Å². The number of fused-ring (bicyclic) bond motifs is 3. The van der Waals surface area contributed by atoms with Crippen LogP contribution in [0.3, 0.4) is 0 Å². The molecule has 3 heterocycles. The van der Waals surface area contributed by atoms with Gasteiger partial charge in [0.15, 0.2) is 6.04 Å². The number of benzene rings is 2. The van der Waals surface area contributed by atoms with E-state index in [2.05, 4.69) is 0 Å². The summed E-state index contributed by atoms with van der Waals surface area (Å²) in [6, 6.07) is 13.8. The van der Waals surface area contributed by atoms with E-state index >= 15 is 0 Å². The number of nitrogens with zero attached hydrogens (tertiary/aromatic N) is 1. The summed E-state index contributed by atoms with van der Waals surface area (Å²) in [6.45, 7) is 2.81. The average molecular weight is 410 g/mol. The molecule has 5 atom stereocenters. The van der Waals surface area contributed by atoms with Crippen molar-refractivity contribution >= 4 is 34.9 Å². The Labute approximate surface area is 174 Å².